The number of aromatic nitrogens is 2. The highest BCUT2D eigenvalue weighted by atomic mass is 15.3. The Hall–Kier alpha value is -0.790. The van der Waals surface area contributed by atoms with Crippen molar-refractivity contribution in [2.45, 2.75) is 66.3 Å². The van der Waals surface area contributed by atoms with Crippen LogP contribution in [0.5, 0.6) is 0 Å². The summed E-state index contributed by atoms with van der Waals surface area (Å²) >= 11 is 0. The molecule has 0 saturated carbocycles. The van der Waals surface area contributed by atoms with Crippen LogP contribution in [-0.2, 0) is 11.0 Å². The lowest BCUT2D eigenvalue weighted by molar-refractivity contribution is 0.354. The summed E-state index contributed by atoms with van der Waals surface area (Å²) in [5, 5.41) is 4.37. The first-order chi connectivity index (χ1) is 6.71. The Morgan fingerprint density at radius 3 is 1.67 bits per heavy atom. The van der Waals surface area contributed by atoms with E-state index in [2.05, 4.69) is 52.8 Å². The van der Waals surface area contributed by atoms with Gasteiger partial charge in [-0.05, 0) is 31.7 Å². The van der Waals surface area contributed by atoms with Crippen LogP contribution in [0.4, 0.5) is 0 Å². The molecule has 88 valence electrons. The average Bonchev–Trinajstić information content (AvgIpc) is 2.53. The van der Waals surface area contributed by atoms with E-state index < -0.39 is 0 Å². The van der Waals surface area contributed by atoms with Crippen LogP contribution in [0.1, 0.15) is 61.0 Å². The number of hydrogen-bond acceptors (Lipinski definition) is 1. The van der Waals surface area contributed by atoms with Gasteiger partial charge in [-0.25, -0.2) is 0 Å². The maximum atomic E-state index is 4.37. The first kappa shape index (κ1) is 14.2. The highest BCUT2D eigenvalue weighted by Crippen LogP contribution is 2.23. The van der Waals surface area contributed by atoms with Crippen LogP contribution < -0.4 is 0 Å². The number of nitrogens with zero attached hydrogens (tertiary/aromatic N) is 2. The zero-order chi connectivity index (χ0) is 12.3. The largest absolute Gasteiger partial charge is 0.267 e. The summed E-state index contributed by atoms with van der Waals surface area (Å²) < 4.78 is 2.02. The molecule has 0 amide bonds. The molecule has 0 bridgehead atoms. The average molecular weight is 210 g/mol. The van der Waals surface area contributed by atoms with Crippen molar-refractivity contribution in [3.8, 4) is 0 Å². The molecule has 0 spiro atoms. The maximum absolute atomic E-state index is 4.37. The summed E-state index contributed by atoms with van der Waals surface area (Å²) in [6.45, 7) is 17.1. The van der Waals surface area contributed by atoms with Crippen molar-refractivity contribution in [2.75, 3.05) is 0 Å². The molecule has 0 fully saturated rings. The summed E-state index contributed by atoms with van der Waals surface area (Å²) in [6, 6.07) is 0. The van der Waals surface area contributed by atoms with Crippen LogP contribution in [0, 0.1) is 0 Å². The zero-order valence-electron chi connectivity index (χ0n) is 11.5. The molecule has 0 atom stereocenters. The second kappa shape index (κ2) is 4.82. The third kappa shape index (κ3) is 4.06. The lowest BCUT2D eigenvalue weighted by atomic mass is 9.90. The second-order valence-corrected chi connectivity index (χ2v) is 5.59. The predicted molar refractivity (Wildman–Crippen MR) is 67.3 cm³/mol. The Balaban J connectivity index is 0.000000921. The van der Waals surface area contributed by atoms with E-state index in [4.69, 9.17) is 0 Å². The van der Waals surface area contributed by atoms with Crippen molar-refractivity contribution in [1.29, 1.82) is 0 Å². The van der Waals surface area contributed by atoms with Gasteiger partial charge in [-0.1, -0.05) is 34.6 Å². The number of hydrogen-bond donors (Lipinski definition) is 0. The molecule has 0 unspecified atom stereocenters. The Morgan fingerprint density at radius 1 is 1.00 bits per heavy atom. The molecule has 0 aromatic carbocycles. The van der Waals surface area contributed by atoms with Crippen LogP contribution in [0.3, 0.4) is 0 Å². The van der Waals surface area contributed by atoms with Gasteiger partial charge in [0.2, 0.25) is 0 Å². The van der Waals surface area contributed by atoms with Crippen LogP contribution in [0.15, 0.2) is 12.4 Å². The molecular formula is C13H26N2. The summed E-state index contributed by atoms with van der Waals surface area (Å²) in [4.78, 5) is 0. The first-order valence-corrected chi connectivity index (χ1v) is 5.77. The monoisotopic (exact) mass is 210 g/mol. The third-order valence-corrected chi connectivity index (χ3v) is 2.14. The molecule has 1 aromatic heterocycles. The molecular weight excluding hydrogens is 184 g/mol. The molecule has 0 aliphatic rings. The highest BCUT2D eigenvalue weighted by Gasteiger charge is 2.19. The van der Waals surface area contributed by atoms with Crippen LogP contribution in [-0.4, -0.2) is 9.78 Å². The van der Waals surface area contributed by atoms with Gasteiger partial charge in [0, 0.05) is 6.20 Å². The zero-order valence-corrected chi connectivity index (χ0v) is 11.5. The molecule has 0 saturated heterocycles. The van der Waals surface area contributed by atoms with E-state index in [1.54, 1.807) is 0 Å². The van der Waals surface area contributed by atoms with Crippen molar-refractivity contribution in [3.05, 3.63) is 18.0 Å². The minimum absolute atomic E-state index is 0.0868. The third-order valence-electron chi connectivity index (χ3n) is 2.14. The van der Waals surface area contributed by atoms with Gasteiger partial charge < -0.3 is 0 Å². The fourth-order valence-electron chi connectivity index (χ4n) is 1.08. The molecule has 0 N–H and O–H groups in total. The van der Waals surface area contributed by atoms with Crippen molar-refractivity contribution < 1.29 is 0 Å². The van der Waals surface area contributed by atoms with Crippen molar-refractivity contribution in [2.24, 2.45) is 0 Å². The number of rotatable bonds is 0. The minimum Gasteiger partial charge on any atom is -0.267 e. The second-order valence-electron chi connectivity index (χ2n) is 5.59. The first-order valence-electron chi connectivity index (χ1n) is 5.77. The van der Waals surface area contributed by atoms with Crippen LogP contribution >= 0.6 is 0 Å². The molecule has 15 heavy (non-hydrogen) atoms. The van der Waals surface area contributed by atoms with E-state index in [0.717, 1.165) is 0 Å². The molecule has 2 nitrogen and oxygen atoms in total. The molecule has 1 rings (SSSR count). The summed E-state index contributed by atoms with van der Waals surface area (Å²) in [5.74, 6) is 0. The van der Waals surface area contributed by atoms with E-state index >= 15 is 0 Å². The SMILES string of the molecule is CC.CC(C)(C)c1cnn(C(C)(C)C)c1. The van der Waals surface area contributed by atoms with Gasteiger partial charge >= 0.3 is 0 Å². The molecule has 1 aromatic rings. The van der Waals surface area contributed by atoms with Gasteiger partial charge in [0.1, 0.15) is 0 Å². The summed E-state index contributed by atoms with van der Waals surface area (Å²) in [5.41, 5.74) is 1.58. The molecule has 1 heterocycles. The quantitative estimate of drug-likeness (QED) is 0.633. The Labute approximate surface area is 94.7 Å². The van der Waals surface area contributed by atoms with E-state index in [9.17, 15) is 0 Å². The molecule has 0 aliphatic carbocycles. The van der Waals surface area contributed by atoms with Crippen molar-refractivity contribution in [3.63, 3.8) is 0 Å². The van der Waals surface area contributed by atoms with Gasteiger partial charge in [0.15, 0.2) is 0 Å². The molecule has 2 heteroatoms. The smallest absolute Gasteiger partial charge is 0.0543 e. The van der Waals surface area contributed by atoms with Gasteiger partial charge in [0.25, 0.3) is 0 Å². The van der Waals surface area contributed by atoms with Crippen molar-refractivity contribution in [1.82, 2.24) is 9.78 Å². The lowest BCUT2D eigenvalue weighted by Gasteiger charge is -2.20. The van der Waals surface area contributed by atoms with E-state index in [1.807, 2.05) is 24.7 Å². The normalized spacial score (nSPS) is 12.0. The lowest BCUT2D eigenvalue weighted by Crippen LogP contribution is -2.22. The fraction of sp³-hybridized carbons (Fsp3) is 0.769. The Kier molecular flexibility index (Phi) is 4.57. The standard InChI is InChI=1S/C11H20N2.C2H6/c1-10(2,3)9-7-12-13(8-9)11(4,5)6;1-2/h7-8H,1-6H3;1-2H3. The topological polar surface area (TPSA) is 17.8 Å². The highest BCUT2D eigenvalue weighted by molar-refractivity contribution is 5.15. The van der Waals surface area contributed by atoms with Crippen molar-refractivity contribution >= 4 is 0 Å². The van der Waals surface area contributed by atoms with E-state index in [0.29, 0.717) is 0 Å². The molecule has 0 radical (unpaired) electrons. The molecule has 0 aliphatic heterocycles. The van der Waals surface area contributed by atoms with Gasteiger partial charge in [0.05, 0.1) is 11.7 Å². The minimum atomic E-state index is 0.0868. The summed E-state index contributed by atoms with van der Waals surface area (Å²) in [7, 11) is 0. The Morgan fingerprint density at radius 2 is 1.47 bits per heavy atom. The van der Waals surface area contributed by atoms with Gasteiger partial charge in [-0.15, -0.1) is 0 Å². The fourth-order valence-corrected chi connectivity index (χ4v) is 1.08. The Bertz CT molecular complexity index is 256. The van der Waals surface area contributed by atoms with Crippen LogP contribution in [0.2, 0.25) is 0 Å². The maximum Gasteiger partial charge on any atom is 0.0543 e. The van der Waals surface area contributed by atoms with Gasteiger partial charge in [-0.3, -0.25) is 4.68 Å². The van der Waals surface area contributed by atoms with Crippen LogP contribution in [0.25, 0.3) is 0 Å². The van der Waals surface area contributed by atoms with E-state index in [-0.39, 0.29) is 11.0 Å². The van der Waals surface area contributed by atoms with Gasteiger partial charge in [-0.2, -0.15) is 5.10 Å². The van der Waals surface area contributed by atoms with E-state index in [1.165, 1.54) is 5.56 Å². The predicted octanol–water partition coefficient (Wildman–Crippen LogP) is 3.96. The summed E-state index contributed by atoms with van der Waals surface area (Å²) in [6.07, 6.45) is 4.10.